The molecule has 0 aliphatic heterocycles. The second-order valence-electron chi connectivity index (χ2n) is 9.05. The maximum absolute atomic E-state index is 15.5. The highest BCUT2D eigenvalue weighted by atomic mass is 32.1. The van der Waals surface area contributed by atoms with Gasteiger partial charge in [-0.15, -0.1) is 11.3 Å². The van der Waals surface area contributed by atoms with E-state index in [4.69, 9.17) is 14.6 Å². The number of nitrogens with zero attached hydrogens (tertiary/aromatic N) is 1. The number of carbonyl (C=O) groups is 2. The molecule has 0 radical (unpaired) electrons. The zero-order valence-corrected chi connectivity index (χ0v) is 23.1. The minimum atomic E-state index is -1.52. The summed E-state index contributed by atoms with van der Waals surface area (Å²) in [5, 5.41) is 13.1. The van der Waals surface area contributed by atoms with E-state index >= 15 is 4.39 Å². The molecule has 0 saturated heterocycles. The molecule has 1 aromatic heterocycles. The highest BCUT2D eigenvalue weighted by molar-refractivity contribution is 7.14. The summed E-state index contributed by atoms with van der Waals surface area (Å²) in [6.45, 7) is 5.06. The fourth-order valence-electron chi connectivity index (χ4n) is 3.72. The summed E-state index contributed by atoms with van der Waals surface area (Å²) in [6, 6.07) is 6.36. The Bertz CT molecular complexity index is 1370. The van der Waals surface area contributed by atoms with Gasteiger partial charge in [0.05, 0.1) is 18.9 Å². The molecule has 0 fully saturated rings. The van der Waals surface area contributed by atoms with Crippen LogP contribution in [0.15, 0.2) is 41.5 Å². The lowest BCUT2D eigenvalue weighted by molar-refractivity contribution is -0.135. The summed E-state index contributed by atoms with van der Waals surface area (Å²) in [5.74, 6) is -5.54. The van der Waals surface area contributed by atoms with Gasteiger partial charge in [-0.2, -0.15) is 0 Å². The SMILES string of the molecule is CO/C(=C/c1c(F)cc(C(=O)Nc2nc(-c3cccc(C(CCOCC(C)C)OC)c3F)cs2)cc1F)C(=O)O. The van der Waals surface area contributed by atoms with Crippen LogP contribution in [0.25, 0.3) is 17.3 Å². The predicted octanol–water partition coefficient (Wildman–Crippen LogP) is 6.30. The zero-order chi connectivity index (χ0) is 29.4. The Balaban J connectivity index is 1.77. The van der Waals surface area contributed by atoms with Crippen molar-refractivity contribution in [3.63, 3.8) is 0 Å². The summed E-state index contributed by atoms with van der Waals surface area (Å²) in [7, 11) is 2.54. The monoisotopic (exact) mass is 578 g/mol. The average Bonchev–Trinajstić information content (AvgIpc) is 3.36. The number of thiazole rings is 1. The van der Waals surface area contributed by atoms with Gasteiger partial charge in [-0.25, -0.2) is 22.9 Å². The van der Waals surface area contributed by atoms with Crippen molar-refractivity contribution in [1.29, 1.82) is 0 Å². The van der Waals surface area contributed by atoms with Gasteiger partial charge in [0, 0.05) is 60.5 Å². The lowest BCUT2D eigenvalue weighted by Gasteiger charge is -2.18. The number of methoxy groups -OCH3 is 2. The number of hydrogen-bond acceptors (Lipinski definition) is 7. The second kappa shape index (κ2) is 14.1. The molecule has 3 aromatic rings. The number of carboxylic acids is 1. The van der Waals surface area contributed by atoms with E-state index in [2.05, 4.69) is 15.0 Å². The van der Waals surface area contributed by atoms with Crippen molar-refractivity contribution < 1.29 is 42.1 Å². The molecule has 0 bridgehead atoms. The van der Waals surface area contributed by atoms with Crippen LogP contribution in [-0.4, -0.2) is 49.4 Å². The van der Waals surface area contributed by atoms with E-state index in [1.807, 2.05) is 13.8 Å². The van der Waals surface area contributed by atoms with Crippen molar-refractivity contribution in [3.05, 3.63) is 75.6 Å². The topological polar surface area (TPSA) is 107 Å². The second-order valence-corrected chi connectivity index (χ2v) is 9.91. The molecular formula is C28H29F3N2O6S. The summed E-state index contributed by atoms with van der Waals surface area (Å²) >= 11 is 1.00. The van der Waals surface area contributed by atoms with Gasteiger partial charge >= 0.3 is 5.97 Å². The number of carboxylic acid groups (broad SMARTS) is 1. The van der Waals surface area contributed by atoms with Crippen molar-refractivity contribution >= 4 is 34.4 Å². The standard InChI is InChI=1S/C28H29F3N2O6S/c1-15(2)13-39-9-8-23(37-3)18-7-5-6-17(25(18)31)22-14-40-28(32-22)33-26(34)16-10-20(29)19(21(30)11-16)12-24(38-4)27(35)36/h5-7,10-12,14-15,23H,8-9,13H2,1-4H3,(H,35,36)(H,32,33,34)/b24-12+. The fourth-order valence-corrected chi connectivity index (χ4v) is 4.43. The van der Waals surface area contributed by atoms with E-state index in [0.717, 1.165) is 30.6 Å². The Morgan fingerprint density at radius 1 is 1.15 bits per heavy atom. The Labute approximate surface area is 233 Å². The number of ether oxygens (including phenoxy) is 3. The number of halogens is 3. The van der Waals surface area contributed by atoms with Crippen LogP contribution in [0, 0.1) is 23.4 Å². The number of carbonyl (C=O) groups excluding carboxylic acids is 1. The van der Waals surface area contributed by atoms with E-state index in [9.17, 15) is 18.4 Å². The van der Waals surface area contributed by atoms with Crippen LogP contribution in [0.2, 0.25) is 0 Å². The Kier molecular flexibility index (Phi) is 10.8. The molecule has 0 aliphatic rings. The number of aromatic nitrogens is 1. The fraction of sp³-hybridized carbons (Fsp3) is 0.321. The predicted molar refractivity (Wildman–Crippen MR) is 144 cm³/mol. The van der Waals surface area contributed by atoms with E-state index in [-0.39, 0.29) is 22.0 Å². The molecule has 1 unspecified atom stereocenters. The van der Waals surface area contributed by atoms with Crippen LogP contribution in [0.4, 0.5) is 18.3 Å². The number of benzene rings is 2. The van der Waals surface area contributed by atoms with Gasteiger partial charge in [0.1, 0.15) is 17.5 Å². The highest BCUT2D eigenvalue weighted by Crippen LogP contribution is 2.33. The van der Waals surface area contributed by atoms with Gasteiger partial charge in [-0.05, 0) is 24.1 Å². The highest BCUT2D eigenvalue weighted by Gasteiger charge is 2.21. The third-order valence-corrected chi connectivity index (χ3v) is 6.44. The van der Waals surface area contributed by atoms with E-state index in [1.54, 1.807) is 23.6 Å². The molecule has 214 valence electrons. The largest absolute Gasteiger partial charge is 0.490 e. The molecule has 12 heteroatoms. The molecule has 0 aliphatic carbocycles. The maximum Gasteiger partial charge on any atom is 0.371 e. The van der Waals surface area contributed by atoms with Crippen molar-refractivity contribution in [3.8, 4) is 11.3 Å². The summed E-state index contributed by atoms with van der Waals surface area (Å²) in [5.41, 5.74) is -0.256. The number of amides is 1. The molecule has 40 heavy (non-hydrogen) atoms. The molecule has 1 atom stereocenters. The average molecular weight is 579 g/mol. The number of aliphatic carboxylic acids is 1. The van der Waals surface area contributed by atoms with Gasteiger partial charge in [-0.3, -0.25) is 10.1 Å². The first-order valence-electron chi connectivity index (χ1n) is 12.2. The van der Waals surface area contributed by atoms with E-state index in [0.29, 0.717) is 37.2 Å². The number of anilines is 1. The van der Waals surface area contributed by atoms with Crippen LogP contribution >= 0.6 is 11.3 Å². The number of nitrogens with one attached hydrogen (secondary N) is 1. The molecule has 0 saturated carbocycles. The Morgan fingerprint density at radius 3 is 2.45 bits per heavy atom. The lowest BCUT2D eigenvalue weighted by atomic mass is 10.0. The zero-order valence-electron chi connectivity index (χ0n) is 22.3. The molecule has 2 aromatic carbocycles. The van der Waals surface area contributed by atoms with Crippen molar-refractivity contribution in [2.24, 2.45) is 5.92 Å². The third-order valence-electron chi connectivity index (χ3n) is 5.68. The van der Waals surface area contributed by atoms with Gasteiger partial charge in [0.2, 0.25) is 5.76 Å². The minimum absolute atomic E-state index is 0.0764. The van der Waals surface area contributed by atoms with Crippen molar-refractivity contribution in [2.45, 2.75) is 26.4 Å². The normalized spacial score (nSPS) is 12.4. The van der Waals surface area contributed by atoms with Gasteiger partial charge in [0.25, 0.3) is 5.91 Å². The first-order valence-corrected chi connectivity index (χ1v) is 13.1. The van der Waals surface area contributed by atoms with Gasteiger partial charge in [-0.1, -0.05) is 26.0 Å². The first-order chi connectivity index (χ1) is 19.0. The molecule has 0 spiro atoms. The van der Waals surface area contributed by atoms with Crippen molar-refractivity contribution in [2.75, 3.05) is 32.8 Å². The smallest absolute Gasteiger partial charge is 0.371 e. The maximum atomic E-state index is 15.5. The summed E-state index contributed by atoms with van der Waals surface area (Å²) < 4.78 is 60.2. The minimum Gasteiger partial charge on any atom is -0.490 e. The third kappa shape index (κ3) is 7.68. The molecule has 8 nitrogen and oxygen atoms in total. The Hall–Kier alpha value is -3.74. The molecule has 1 amide bonds. The van der Waals surface area contributed by atoms with Gasteiger partial charge < -0.3 is 19.3 Å². The number of rotatable bonds is 13. The molecule has 1 heterocycles. The van der Waals surface area contributed by atoms with Crippen LogP contribution < -0.4 is 5.32 Å². The lowest BCUT2D eigenvalue weighted by Crippen LogP contribution is -2.13. The van der Waals surface area contributed by atoms with E-state index in [1.165, 1.54) is 7.11 Å². The van der Waals surface area contributed by atoms with Crippen molar-refractivity contribution in [1.82, 2.24) is 4.98 Å². The van der Waals surface area contributed by atoms with Crippen LogP contribution in [-0.2, 0) is 19.0 Å². The summed E-state index contributed by atoms with van der Waals surface area (Å²) in [6.07, 6.45) is 0.590. The molecule has 3 rings (SSSR count). The summed E-state index contributed by atoms with van der Waals surface area (Å²) in [4.78, 5) is 28.0. The van der Waals surface area contributed by atoms with Crippen LogP contribution in [0.1, 0.15) is 47.9 Å². The quantitative estimate of drug-likeness (QED) is 0.139. The number of hydrogen-bond donors (Lipinski definition) is 2. The molecule has 2 N–H and O–H groups in total. The van der Waals surface area contributed by atoms with Gasteiger partial charge in [0.15, 0.2) is 5.13 Å². The van der Waals surface area contributed by atoms with E-state index < -0.39 is 46.8 Å². The van der Waals surface area contributed by atoms with Crippen LogP contribution in [0.5, 0.6) is 0 Å². The molecular weight excluding hydrogens is 549 g/mol. The first kappa shape index (κ1) is 30.8. The van der Waals surface area contributed by atoms with Crippen LogP contribution in [0.3, 0.4) is 0 Å². The Morgan fingerprint density at radius 2 is 1.85 bits per heavy atom.